The number of para-hydroxylation sites is 2. The first-order valence-electron chi connectivity index (χ1n) is 12.9. The second kappa shape index (κ2) is 10.1. The summed E-state index contributed by atoms with van der Waals surface area (Å²) in [4.78, 5) is 47.6. The topological polar surface area (TPSA) is 98.1 Å². The summed E-state index contributed by atoms with van der Waals surface area (Å²) >= 11 is 0. The van der Waals surface area contributed by atoms with E-state index in [9.17, 15) is 14.4 Å². The zero-order valence-electron chi connectivity index (χ0n) is 21.5. The normalized spacial score (nSPS) is 14.0. The Kier molecular flexibility index (Phi) is 6.70. The van der Waals surface area contributed by atoms with Crippen LogP contribution in [0.4, 0.5) is 0 Å². The van der Waals surface area contributed by atoms with Crippen molar-refractivity contribution in [2.45, 2.75) is 46.0 Å². The molecule has 190 valence electrons. The van der Waals surface area contributed by atoms with E-state index in [-0.39, 0.29) is 17.7 Å². The van der Waals surface area contributed by atoms with E-state index in [1.165, 1.54) is 4.90 Å². The molecule has 5 rings (SSSR count). The van der Waals surface area contributed by atoms with Gasteiger partial charge in [-0.25, -0.2) is 0 Å². The molecule has 2 aromatic carbocycles. The summed E-state index contributed by atoms with van der Waals surface area (Å²) in [5.74, 6) is -0.461. The number of benzene rings is 2. The molecule has 2 aromatic heterocycles. The number of rotatable bonds is 9. The van der Waals surface area contributed by atoms with Crippen molar-refractivity contribution in [1.29, 1.82) is 0 Å². The van der Waals surface area contributed by atoms with Crippen molar-refractivity contribution in [2.75, 3.05) is 13.6 Å². The fraction of sp³-hybridized carbons (Fsp3) is 0.300. The number of aryl methyl sites for hydroxylation is 2. The number of carbonyl (C=O) groups is 3. The van der Waals surface area contributed by atoms with Crippen LogP contribution >= 0.6 is 0 Å². The highest BCUT2D eigenvalue weighted by molar-refractivity contribution is 6.51. The number of imide groups is 1. The molecule has 1 aliphatic rings. The minimum Gasteiger partial charge on any atom is -0.359 e. The minimum absolute atomic E-state index is 0.0339. The second-order valence-electron chi connectivity index (χ2n) is 9.69. The highest BCUT2D eigenvalue weighted by Crippen LogP contribution is 2.43. The molecule has 0 bridgehead atoms. The third-order valence-corrected chi connectivity index (χ3v) is 7.27. The van der Waals surface area contributed by atoms with E-state index in [2.05, 4.69) is 15.3 Å². The summed E-state index contributed by atoms with van der Waals surface area (Å²) in [6.45, 7) is 4.26. The molecule has 0 unspecified atom stereocenters. The standard InChI is InChI=1S/C30H32N4O3/c1-18-25(20-12-7-9-14-22(20)32-18)27-28(26-19(2)33-23-15-10-8-13-21(23)26)30(37)34(29(27)36)17-11-5-4-6-16-24(35)31-3/h7-10,12-15,32-33H,4-6,11,16-17H2,1-3H3,(H,31,35). The molecule has 7 heteroatoms. The van der Waals surface area contributed by atoms with Crippen LogP contribution in [0.2, 0.25) is 0 Å². The largest absolute Gasteiger partial charge is 0.359 e. The first-order valence-corrected chi connectivity index (χ1v) is 12.9. The van der Waals surface area contributed by atoms with Gasteiger partial charge in [-0.05, 0) is 38.8 Å². The van der Waals surface area contributed by atoms with E-state index in [4.69, 9.17) is 0 Å². The van der Waals surface area contributed by atoms with Gasteiger partial charge in [0.25, 0.3) is 11.8 Å². The maximum atomic E-state index is 14.0. The minimum atomic E-state index is -0.247. The highest BCUT2D eigenvalue weighted by Gasteiger charge is 2.42. The Morgan fingerprint density at radius 1 is 0.757 bits per heavy atom. The van der Waals surface area contributed by atoms with Gasteiger partial charge in [0.15, 0.2) is 0 Å². The van der Waals surface area contributed by atoms with Crippen LogP contribution in [0.3, 0.4) is 0 Å². The average Bonchev–Trinajstić information content (AvgIpc) is 3.48. The number of aromatic nitrogens is 2. The number of nitrogens with zero attached hydrogens (tertiary/aromatic N) is 1. The Bertz CT molecular complexity index is 1450. The lowest BCUT2D eigenvalue weighted by Gasteiger charge is -2.15. The Labute approximate surface area is 215 Å². The Balaban J connectivity index is 1.54. The van der Waals surface area contributed by atoms with Crippen LogP contribution in [0.25, 0.3) is 33.0 Å². The molecule has 3 heterocycles. The first-order chi connectivity index (χ1) is 17.9. The van der Waals surface area contributed by atoms with E-state index in [0.717, 1.165) is 63.6 Å². The van der Waals surface area contributed by atoms with E-state index in [1.54, 1.807) is 7.05 Å². The van der Waals surface area contributed by atoms with Crippen molar-refractivity contribution in [3.63, 3.8) is 0 Å². The molecule has 1 aliphatic heterocycles. The van der Waals surface area contributed by atoms with Crippen LogP contribution in [-0.2, 0) is 14.4 Å². The van der Waals surface area contributed by atoms with Gasteiger partial charge in [0.05, 0.1) is 11.1 Å². The number of unbranched alkanes of at least 4 members (excludes halogenated alkanes) is 3. The molecule has 37 heavy (non-hydrogen) atoms. The fourth-order valence-electron chi connectivity index (χ4n) is 5.47. The van der Waals surface area contributed by atoms with Crippen LogP contribution in [0.5, 0.6) is 0 Å². The SMILES string of the molecule is CNC(=O)CCCCCCN1C(=O)C(c2c(C)[nH]c3ccccc23)=C(c2c(C)[nH]c3ccccc23)C1=O. The molecule has 0 saturated carbocycles. The molecule has 3 amide bonds. The molecule has 3 N–H and O–H groups in total. The lowest BCUT2D eigenvalue weighted by molar-refractivity contribution is -0.136. The summed E-state index contributed by atoms with van der Waals surface area (Å²) in [7, 11) is 1.64. The molecular formula is C30H32N4O3. The quantitative estimate of drug-likeness (QED) is 0.218. The average molecular weight is 497 g/mol. The highest BCUT2D eigenvalue weighted by atomic mass is 16.2. The Hall–Kier alpha value is -4.13. The lowest BCUT2D eigenvalue weighted by Crippen LogP contribution is -2.32. The molecule has 0 radical (unpaired) electrons. The maximum Gasteiger partial charge on any atom is 0.262 e. The van der Waals surface area contributed by atoms with Crippen molar-refractivity contribution in [3.05, 3.63) is 71.0 Å². The van der Waals surface area contributed by atoms with Gasteiger partial charge < -0.3 is 15.3 Å². The zero-order valence-corrected chi connectivity index (χ0v) is 21.5. The molecule has 0 atom stereocenters. The predicted molar refractivity (Wildman–Crippen MR) is 147 cm³/mol. The summed E-state index contributed by atoms with van der Waals surface area (Å²) in [6, 6.07) is 15.8. The molecule has 0 aliphatic carbocycles. The second-order valence-corrected chi connectivity index (χ2v) is 9.69. The lowest BCUT2D eigenvalue weighted by atomic mass is 9.93. The zero-order chi connectivity index (χ0) is 26.1. The van der Waals surface area contributed by atoms with Crippen LogP contribution in [-0.4, -0.2) is 46.2 Å². The van der Waals surface area contributed by atoms with Gasteiger partial charge in [-0.15, -0.1) is 0 Å². The van der Waals surface area contributed by atoms with Gasteiger partial charge >= 0.3 is 0 Å². The molecule has 4 aromatic rings. The van der Waals surface area contributed by atoms with Crippen molar-refractivity contribution in [3.8, 4) is 0 Å². The number of amides is 3. The molecule has 0 saturated heterocycles. The summed E-state index contributed by atoms with van der Waals surface area (Å²) < 4.78 is 0. The summed E-state index contributed by atoms with van der Waals surface area (Å²) in [5, 5.41) is 4.50. The van der Waals surface area contributed by atoms with Crippen molar-refractivity contribution < 1.29 is 14.4 Å². The van der Waals surface area contributed by atoms with E-state index >= 15 is 0 Å². The maximum absolute atomic E-state index is 14.0. The summed E-state index contributed by atoms with van der Waals surface area (Å²) in [6.07, 6.45) is 3.70. The number of nitrogens with one attached hydrogen (secondary N) is 3. The van der Waals surface area contributed by atoms with Crippen molar-refractivity contribution in [2.24, 2.45) is 0 Å². The van der Waals surface area contributed by atoms with Crippen LogP contribution in [0, 0.1) is 13.8 Å². The van der Waals surface area contributed by atoms with Gasteiger partial charge in [0.2, 0.25) is 5.91 Å². The van der Waals surface area contributed by atoms with Gasteiger partial charge in [0, 0.05) is 64.3 Å². The first kappa shape index (κ1) is 24.6. The Morgan fingerprint density at radius 3 is 1.76 bits per heavy atom. The smallest absolute Gasteiger partial charge is 0.262 e. The van der Waals surface area contributed by atoms with Crippen LogP contribution in [0.15, 0.2) is 48.5 Å². The van der Waals surface area contributed by atoms with Gasteiger partial charge in [-0.3, -0.25) is 19.3 Å². The van der Waals surface area contributed by atoms with Crippen molar-refractivity contribution >= 4 is 50.7 Å². The van der Waals surface area contributed by atoms with E-state index in [0.29, 0.717) is 30.5 Å². The Morgan fingerprint density at radius 2 is 1.24 bits per heavy atom. The summed E-state index contributed by atoms with van der Waals surface area (Å²) in [5.41, 5.74) is 6.12. The fourth-order valence-corrected chi connectivity index (χ4v) is 5.47. The molecule has 7 nitrogen and oxygen atoms in total. The third-order valence-electron chi connectivity index (χ3n) is 7.27. The number of hydrogen-bond donors (Lipinski definition) is 3. The third kappa shape index (κ3) is 4.35. The number of fused-ring (bicyclic) bond motifs is 2. The van der Waals surface area contributed by atoms with Crippen molar-refractivity contribution in [1.82, 2.24) is 20.2 Å². The number of H-pyrrole nitrogens is 2. The van der Waals surface area contributed by atoms with Crippen LogP contribution < -0.4 is 5.32 Å². The van der Waals surface area contributed by atoms with E-state index in [1.807, 2.05) is 62.4 Å². The molecule has 0 fully saturated rings. The number of carbonyl (C=O) groups excluding carboxylic acids is 3. The number of hydrogen-bond acceptors (Lipinski definition) is 3. The predicted octanol–water partition coefficient (Wildman–Crippen LogP) is 5.24. The monoisotopic (exact) mass is 496 g/mol. The number of aromatic amines is 2. The van der Waals surface area contributed by atoms with Gasteiger partial charge in [-0.2, -0.15) is 0 Å². The van der Waals surface area contributed by atoms with Gasteiger partial charge in [-0.1, -0.05) is 49.2 Å². The van der Waals surface area contributed by atoms with Crippen LogP contribution in [0.1, 0.15) is 54.6 Å². The van der Waals surface area contributed by atoms with E-state index < -0.39 is 0 Å². The molecule has 0 spiro atoms. The van der Waals surface area contributed by atoms with Gasteiger partial charge in [0.1, 0.15) is 0 Å². The molecular weight excluding hydrogens is 464 g/mol.